The summed E-state index contributed by atoms with van der Waals surface area (Å²) in [5.41, 5.74) is 5.08. The zero-order valence-electron chi connectivity index (χ0n) is 16.3. The Bertz CT molecular complexity index is 1000. The SMILES string of the molecule is Cc1ccc2ncn(-c3ccc(C(=O)N4CCC(N5CCCC5)C4)cc3)c2c1. The van der Waals surface area contributed by atoms with Gasteiger partial charge in [0.25, 0.3) is 5.91 Å². The average molecular weight is 374 g/mol. The lowest BCUT2D eigenvalue weighted by Gasteiger charge is -2.23. The lowest BCUT2D eigenvalue weighted by atomic mass is 10.1. The summed E-state index contributed by atoms with van der Waals surface area (Å²) in [4.78, 5) is 22.0. The summed E-state index contributed by atoms with van der Waals surface area (Å²) in [6, 6.07) is 14.7. The van der Waals surface area contributed by atoms with Gasteiger partial charge in [0.1, 0.15) is 6.33 Å². The Hall–Kier alpha value is -2.66. The minimum Gasteiger partial charge on any atom is -0.337 e. The number of carbonyl (C=O) groups is 1. The quantitative estimate of drug-likeness (QED) is 0.703. The van der Waals surface area contributed by atoms with Gasteiger partial charge in [0.15, 0.2) is 0 Å². The Morgan fingerprint density at radius 3 is 2.61 bits per heavy atom. The molecule has 2 aliphatic heterocycles. The molecule has 2 fully saturated rings. The molecule has 2 aliphatic rings. The maximum Gasteiger partial charge on any atom is 0.253 e. The molecule has 0 N–H and O–H groups in total. The summed E-state index contributed by atoms with van der Waals surface area (Å²) in [5, 5.41) is 0. The molecule has 0 spiro atoms. The molecule has 1 aromatic heterocycles. The lowest BCUT2D eigenvalue weighted by Crippen LogP contribution is -2.37. The van der Waals surface area contributed by atoms with E-state index in [1.807, 2.05) is 41.6 Å². The molecule has 0 aliphatic carbocycles. The van der Waals surface area contributed by atoms with Crippen LogP contribution in [0.3, 0.4) is 0 Å². The monoisotopic (exact) mass is 374 g/mol. The van der Waals surface area contributed by atoms with Crippen molar-refractivity contribution in [3.63, 3.8) is 0 Å². The molecule has 1 atom stereocenters. The van der Waals surface area contributed by atoms with Gasteiger partial charge < -0.3 is 4.90 Å². The first-order chi connectivity index (χ1) is 13.7. The second-order valence-electron chi connectivity index (χ2n) is 8.09. The zero-order valence-corrected chi connectivity index (χ0v) is 16.3. The molecule has 5 nitrogen and oxygen atoms in total. The van der Waals surface area contributed by atoms with Gasteiger partial charge in [-0.2, -0.15) is 0 Å². The van der Waals surface area contributed by atoms with E-state index in [0.29, 0.717) is 6.04 Å². The third-order valence-electron chi connectivity index (χ3n) is 6.20. The van der Waals surface area contributed by atoms with Crippen molar-refractivity contribution < 1.29 is 4.79 Å². The van der Waals surface area contributed by atoms with Gasteiger partial charge in [-0.15, -0.1) is 0 Å². The number of carbonyl (C=O) groups excluding carboxylic acids is 1. The smallest absolute Gasteiger partial charge is 0.253 e. The molecule has 2 saturated heterocycles. The number of fused-ring (bicyclic) bond motifs is 1. The fourth-order valence-electron chi connectivity index (χ4n) is 4.60. The fraction of sp³-hybridized carbons (Fsp3) is 0.391. The Balaban J connectivity index is 1.33. The van der Waals surface area contributed by atoms with Crippen LogP contribution in [0.5, 0.6) is 0 Å². The first-order valence-electron chi connectivity index (χ1n) is 10.3. The number of aromatic nitrogens is 2. The standard InChI is InChI=1S/C23H26N4O/c1-17-4-9-21-22(14-17)27(16-24-21)19-7-5-18(6-8-19)23(28)26-13-10-20(15-26)25-11-2-3-12-25/h4-9,14,16,20H,2-3,10-13,15H2,1H3. The van der Waals surface area contributed by atoms with Crippen molar-refractivity contribution in [2.45, 2.75) is 32.2 Å². The molecule has 0 saturated carbocycles. The van der Waals surface area contributed by atoms with E-state index in [-0.39, 0.29) is 5.91 Å². The minimum absolute atomic E-state index is 0.152. The molecule has 0 bridgehead atoms. The van der Waals surface area contributed by atoms with Gasteiger partial charge in [0.05, 0.1) is 11.0 Å². The van der Waals surface area contributed by atoms with Crippen LogP contribution in [0.25, 0.3) is 16.7 Å². The van der Waals surface area contributed by atoms with Crippen LogP contribution >= 0.6 is 0 Å². The van der Waals surface area contributed by atoms with Crippen LogP contribution in [0, 0.1) is 6.92 Å². The highest BCUT2D eigenvalue weighted by Gasteiger charge is 2.31. The van der Waals surface area contributed by atoms with E-state index < -0.39 is 0 Å². The molecular weight excluding hydrogens is 348 g/mol. The van der Waals surface area contributed by atoms with Gasteiger partial charge in [-0.1, -0.05) is 6.07 Å². The Morgan fingerprint density at radius 1 is 1.04 bits per heavy atom. The van der Waals surface area contributed by atoms with E-state index in [1.54, 1.807) is 0 Å². The minimum atomic E-state index is 0.152. The normalized spacial score (nSPS) is 20.3. The lowest BCUT2D eigenvalue weighted by molar-refractivity contribution is 0.0780. The first kappa shape index (κ1) is 17.4. The van der Waals surface area contributed by atoms with Crippen molar-refractivity contribution in [1.82, 2.24) is 19.4 Å². The molecule has 144 valence electrons. The number of aryl methyl sites for hydroxylation is 1. The van der Waals surface area contributed by atoms with Crippen LogP contribution in [0.4, 0.5) is 0 Å². The Morgan fingerprint density at radius 2 is 1.82 bits per heavy atom. The van der Waals surface area contributed by atoms with Gasteiger partial charge in [0, 0.05) is 30.4 Å². The number of amides is 1. The second-order valence-corrected chi connectivity index (χ2v) is 8.09. The third-order valence-corrected chi connectivity index (χ3v) is 6.20. The number of hydrogen-bond acceptors (Lipinski definition) is 3. The second kappa shape index (κ2) is 7.06. The third kappa shape index (κ3) is 3.10. The molecule has 5 rings (SSSR count). The van der Waals surface area contributed by atoms with Gasteiger partial charge in [0.2, 0.25) is 0 Å². The summed E-state index contributed by atoms with van der Waals surface area (Å²) in [5.74, 6) is 0.152. The zero-order chi connectivity index (χ0) is 19.1. The maximum atomic E-state index is 13.0. The number of imidazole rings is 1. The van der Waals surface area contributed by atoms with Gasteiger partial charge in [-0.3, -0.25) is 14.3 Å². The molecule has 3 aromatic rings. The van der Waals surface area contributed by atoms with E-state index >= 15 is 0 Å². The largest absolute Gasteiger partial charge is 0.337 e. The van der Waals surface area contributed by atoms with Crippen LogP contribution in [-0.4, -0.2) is 57.5 Å². The van der Waals surface area contributed by atoms with Crippen LogP contribution in [0.2, 0.25) is 0 Å². The Labute approximate surface area is 165 Å². The predicted octanol–water partition coefficient (Wildman–Crippen LogP) is 3.64. The molecular formula is C23H26N4O. The van der Waals surface area contributed by atoms with Gasteiger partial charge in [-0.25, -0.2) is 4.98 Å². The van der Waals surface area contributed by atoms with Crippen molar-refractivity contribution in [3.8, 4) is 5.69 Å². The summed E-state index contributed by atoms with van der Waals surface area (Å²) in [6.07, 6.45) is 5.55. The molecule has 3 heterocycles. The van der Waals surface area contributed by atoms with E-state index in [2.05, 4.69) is 33.5 Å². The first-order valence-corrected chi connectivity index (χ1v) is 10.3. The highest BCUT2D eigenvalue weighted by molar-refractivity contribution is 5.94. The van der Waals surface area contributed by atoms with Gasteiger partial charge >= 0.3 is 0 Å². The van der Waals surface area contributed by atoms with Crippen LogP contribution in [0.1, 0.15) is 35.2 Å². The van der Waals surface area contributed by atoms with Crippen LogP contribution < -0.4 is 0 Å². The van der Waals surface area contributed by atoms with E-state index in [1.165, 1.54) is 31.5 Å². The highest BCUT2D eigenvalue weighted by Crippen LogP contribution is 2.23. The van der Waals surface area contributed by atoms with E-state index in [0.717, 1.165) is 41.8 Å². The summed E-state index contributed by atoms with van der Waals surface area (Å²) in [6.45, 7) is 6.21. The van der Waals surface area contributed by atoms with Crippen molar-refractivity contribution in [3.05, 3.63) is 59.9 Å². The average Bonchev–Trinajstić information content (AvgIpc) is 3.46. The van der Waals surface area contributed by atoms with E-state index in [4.69, 9.17) is 0 Å². The molecule has 1 amide bonds. The number of hydrogen-bond donors (Lipinski definition) is 0. The molecule has 0 radical (unpaired) electrons. The topological polar surface area (TPSA) is 41.4 Å². The van der Waals surface area contributed by atoms with Crippen LogP contribution in [0.15, 0.2) is 48.8 Å². The van der Waals surface area contributed by atoms with Gasteiger partial charge in [-0.05, 0) is 81.2 Å². The van der Waals surface area contributed by atoms with Crippen LogP contribution in [-0.2, 0) is 0 Å². The van der Waals surface area contributed by atoms with E-state index in [9.17, 15) is 4.79 Å². The number of nitrogens with zero attached hydrogens (tertiary/aromatic N) is 4. The maximum absolute atomic E-state index is 13.0. The molecule has 1 unspecified atom stereocenters. The van der Waals surface area contributed by atoms with Crippen molar-refractivity contribution in [1.29, 1.82) is 0 Å². The summed E-state index contributed by atoms with van der Waals surface area (Å²) in [7, 11) is 0. The Kier molecular flexibility index (Phi) is 4.40. The molecule has 5 heteroatoms. The molecule has 28 heavy (non-hydrogen) atoms. The summed E-state index contributed by atoms with van der Waals surface area (Å²) < 4.78 is 2.08. The van der Waals surface area contributed by atoms with Crippen molar-refractivity contribution in [2.24, 2.45) is 0 Å². The fourth-order valence-corrected chi connectivity index (χ4v) is 4.60. The predicted molar refractivity (Wildman–Crippen MR) is 111 cm³/mol. The van der Waals surface area contributed by atoms with Crippen molar-refractivity contribution >= 4 is 16.9 Å². The van der Waals surface area contributed by atoms with Crippen molar-refractivity contribution in [2.75, 3.05) is 26.2 Å². The number of likely N-dealkylation sites (tertiary alicyclic amines) is 2. The summed E-state index contributed by atoms with van der Waals surface area (Å²) >= 11 is 0. The highest BCUT2D eigenvalue weighted by atomic mass is 16.2. The number of rotatable bonds is 3. The molecule has 2 aromatic carbocycles. The number of benzene rings is 2.